The lowest BCUT2D eigenvalue weighted by Crippen LogP contribution is -2.24. The molecule has 0 spiro atoms. The van der Waals surface area contributed by atoms with Crippen LogP contribution in [0.1, 0.15) is 19.4 Å². The lowest BCUT2D eigenvalue weighted by atomic mass is 10.2. The number of hydrogen-bond donors (Lipinski definition) is 3. The van der Waals surface area contributed by atoms with Crippen LogP contribution in [0.3, 0.4) is 0 Å². The number of aliphatic imine (C=N–C) groups is 1. The van der Waals surface area contributed by atoms with Gasteiger partial charge in [-0.2, -0.15) is 0 Å². The first kappa shape index (κ1) is 15.6. The molecule has 0 saturated heterocycles. The topological polar surface area (TPSA) is 102 Å². The Hall–Kier alpha value is -2.83. The van der Waals surface area contributed by atoms with Crippen molar-refractivity contribution in [2.24, 2.45) is 4.99 Å². The first-order chi connectivity index (χ1) is 10.5. The van der Waals surface area contributed by atoms with E-state index in [1.54, 1.807) is 0 Å². The van der Waals surface area contributed by atoms with Gasteiger partial charge in [0.15, 0.2) is 0 Å². The van der Waals surface area contributed by atoms with Gasteiger partial charge < -0.3 is 10.0 Å². The van der Waals surface area contributed by atoms with Crippen molar-refractivity contribution in [3.63, 3.8) is 0 Å². The molecule has 1 heterocycles. The van der Waals surface area contributed by atoms with Crippen LogP contribution in [-0.4, -0.2) is 34.4 Å². The second-order valence-electron chi connectivity index (χ2n) is 4.62. The average Bonchev–Trinajstić information content (AvgIpc) is 2.49. The third kappa shape index (κ3) is 3.43. The number of anilines is 1. The number of H-pyrrole nitrogens is 2. The van der Waals surface area contributed by atoms with Gasteiger partial charge in [0, 0.05) is 25.0 Å². The zero-order valence-electron chi connectivity index (χ0n) is 12.5. The number of nitrogens with zero attached hydrogens (tertiary/aromatic N) is 2. The Morgan fingerprint density at radius 1 is 1.14 bits per heavy atom. The first-order valence-electron chi connectivity index (χ1n) is 6.99. The number of hydrogen-bond acceptors (Lipinski definition) is 5. The highest BCUT2D eigenvalue weighted by Crippen LogP contribution is 2.19. The Kier molecular flexibility index (Phi) is 4.77. The molecule has 22 heavy (non-hydrogen) atoms. The summed E-state index contributed by atoms with van der Waals surface area (Å²) in [4.78, 5) is 33.0. The summed E-state index contributed by atoms with van der Waals surface area (Å²) in [7, 11) is 0. The maximum Gasteiger partial charge on any atom is 0.328 e. The number of aromatic hydroxyl groups is 1. The van der Waals surface area contributed by atoms with E-state index in [1.807, 2.05) is 29.2 Å². The van der Waals surface area contributed by atoms with Crippen LogP contribution in [-0.2, 0) is 0 Å². The molecule has 0 atom stereocenters. The van der Waals surface area contributed by atoms with E-state index >= 15 is 0 Å². The van der Waals surface area contributed by atoms with Crippen molar-refractivity contribution >= 4 is 17.6 Å². The number of aromatic nitrogens is 2. The second kappa shape index (κ2) is 6.75. The van der Waals surface area contributed by atoms with Crippen molar-refractivity contribution in [3.8, 4) is 5.88 Å². The van der Waals surface area contributed by atoms with E-state index in [-0.39, 0.29) is 5.56 Å². The predicted octanol–water partition coefficient (Wildman–Crippen LogP) is 1.37. The first-order valence-corrected chi connectivity index (χ1v) is 6.99. The smallest absolute Gasteiger partial charge is 0.328 e. The van der Waals surface area contributed by atoms with E-state index in [2.05, 4.69) is 28.7 Å². The van der Waals surface area contributed by atoms with Gasteiger partial charge in [0.2, 0.25) is 5.88 Å². The Morgan fingerprint density at radius 2 is 1.77 bits per heavy atom. The monoisotopic (exact) mass is 302 g/mol. The summed E-state index contributed by atoms with van der Waals surface area (Å²) in [5.74, 6) is -0.503. The Labute approximate surface area is 127 Å². The summed E-state index contributed by atoms with van der Waals surface area (Å²) in [5.41, 5.74) is 0.190. The van der Waals surface area contributed by atoms with Gasteiger partial charge in [0.1, 0.15) is 5.56 Å². The molecule has 116 valence electrons. The van der Waals surface area contributed by atoms with Crippen molar-refractivity contribution in [1.29, 1.82) is 0 Å². The Morgan fingerprint density at radius 3 is 2.32 bits per heavy atom. The lowest BCUT2D eigenvalue weighted by Gasteiger charge is -2.20. The zero-order valence-corrected chi connectivity index (χ0v) is 12.5. The highest BCUT2D eigenvalue weighted by atomic mass is 16.3. The van der Waals surface area contributed by atoms with Gasteiger partial charge in [-0.1, -0.05) is 0 Å². The summed E-state index contributed by atoms with van der Waals surface area (Å²) in [6.45, 7) is 6.00. The van der Waals surface area contributed by atoms with Crippen molar-refractivity contribution in [3.05, 3.63) is 50.7 Å². The summed E-state index contributed by atoms with van der Waals surface area (Å²) in [6, 6.07) is 7.52. The SMILES string of the molecule is CCN(CC)c1ccc(N=Cc2c(O)[nH]c(=O)[nH]c2=O)cc1. The fourth-order valence-electron chi connectivity index (χ4n) is 2.08. The molecule has 0 radical (unpaired) electrons. The molecule has 0 aliphatic carbocycles. The number of benzene rings is 1. The van der Waals surface area contributed by atoms with Crippen molar-refractivity contribution < 1.29 is 5.11 Å². The molecule has 0 aliphatic rings. The molecule has 1 aromatic heterocycles. The molecule has 2 rings (SSSR count). The predicted molar refractivity (Wildman–Crippen MR) is 86.6 cm³/mol. The highest BCUT2D eigenvalue weighted by Gasteiger charge is 2.05. The molecular formula is C15H18N4O3. The van der Waals surface area contributed by atoms with E-state index in [9.17, 15) is 14.7 Å². The number of aromatic amines is 2. The van der Waals surface area contributed by atoms with Crippen LogP contribution in [0.15, 0.2) is 38.8 Å². The van der Waals surface area contributed by atoms with Crippen LogP contribution in [0.4, 0.5) is 11.4 Å². The van der Waals surface area contributed by atoms with Crippen molar-refractivity contribution in [1.82, 2.24) is 9.97 Å². The maximum absolute atomic E-state index is 11.6. The van der Waals surface area contributed by atoms with Crippen LogP contribution < -0.4 is 16.1 Å². The van der Waals surface area contributed by atoms with Crippen LogP contribution in [0.5, 0.6) is 5.88 Å². The quantitative estimate of drug-likeness (QED) is 0.726. The maximum atomic E-state index is 11.6. The van der Waals surface area contributed by atoms with Crippen LogP contribution in [0.25, 0.3) is 0 Å². The summed E-state index contributed by atoms with van der Waals surface area (Å²) < 4.78 is 0. The Balaban J connectivity index is 2.24. The van der Waals surface area contributed by atoms with Crippen molar-refractivity contribution in [2.75, 3.05) is 18.0 Å². The fourth-order valence-corrected chi connectivity index (χ4v) is 2.08. The summed E-state index contributed by atoms with van der Waals surface area (Å²) in [5, 5.41) is 9.56. The highest BCUT2D eigenvalue weighted by molar-refractivity contribution is 5.83. The molecule has 7 nitrogen and oxygen atoms in total. The molecule has 7 heteroatoms. The van der Waals surface area contributed by atoms with E-state index in [0.717, 1.165) is 18.8 Å². The van der Waals surface area contributed by atoms with E-state index in [0.29, 0.717) is 5.69 Å². The zero-order chi connectivity index (χ0) is 16.1. The molecule has 3 N–H and O–H groups in total. The number of nitrogens with one attached hydrogen (secondary N) is 2. The summed E-state index contributed by atoms with van der Waals surface area (Å²) in [6.07, 6.45) is 1.22. The molecular weight excluding hydrogens is 284 g/mol. The second-order valence-corrected chi connectivity index (χ2v) is 4.62. The molecule has 0 amide bonds. The van der Waals surface area contributed by atoms with Gasteiger partial charge in [0.25, 0.3) is 5.56 Å². The van der Waals surface area contributed by atoms with Crippen LogP contribution >= 0.6 is 0 Å². The fraction of sp³-hybridized carbons (Fsp3) is 0.267. The molecule has 0 unspecified atom stereocenters. The van der Waals surface area contributed by atoms with E-state index < -0.39 is 17.1 Å². The Bertz CT molecular complexity index is 771. The van der Waals surface area contributed by atoms with Gasteiger partial charge in [-0.25, -0.2) is 4.79 Å². The van der Waals surface area contributed by atoms with Gasteiger partial charge in [0.05, 0.1) is 5.69 Å². The normalized spacial score (nSPS) is 11.0. The lowest BCUT2D eigenvalue weighted by molar-refractivity contribution is 0.447. The largest absolute Gasteiger partial charge is 0.494 e. The minimum Gasteiger partial charge on any atom is -0.494 e. The van der Waals surface area contributed by atoms with Gasteiger partial charge in [-0.05, 0) is 38.1 Å². The van der Waals surface area contributed by atoms with Crippen LogP contribution in [0.2, 0.25) is 0 Å². The molecule has 0 saturated carbocycles. The van der Waals surface area contributed by atoms with E-state index in [1.165, 1.54) is 6.21 Å². The molecule has 1 aromatic carbocycles. The molecule has 0 fully saturated rings. The standard InChI is InChI=1S/C15H18N4O3/c1-3-19(4-2)11-7-5-10(6-8-11)16-9-12-13(20)17-15(22)18-14(12)21/h5-9H,3-4H2,1-2H3,(H3,17,18,20,21,22). The van der Waals surface area contributed by atoms with Gasteiger partial charge in [-0.3, -0.25) is 19.8 Å². The minimum atomic E-state index is -0.761. The van der Waals surface area contributed by atoms with Gasteiger partial charge >= 0.3 is 5.69 Å². The van der Waals surface area contributed by atoms with Crippen molar-refractivity contribution in [2.45, 2.75) is 13.8 Å². The van der Waals surface area contributed by atoms with E-state index in [4.69, 9.17) is 0 Å². The summed E-state index contributed by atoms with van der Waals surface area (Å²) >= 11 is 0. The van der Waals surface area contributed by atoms with Crippen LogP contribution in [0, 0.1) is 0 Å². The minimum absolute atomic E-state index is 0.0904. The van der Waals surface area contributed by atoms with Gasteiger partial charge in [-0.15, -0.1) is 0 Å². The third-order valence-electron chi connectivity index (χ3n) is 3.28. The number of rotatable bonds is 5. The molecule has 0 aliphatic heterocycles. The molecule has 2 aromatic rings. The average molecular weight is 302 g/mol. The molecule has 0 bridgehead atoms. The third-order valence-corrected chi connectivity index (χ3v) is 3.28.